The number of nitriles is 1. The monoisotopic (exact) mass is 310 g/mol. The molecule has 1 atom stereocenters. The molecule has 0 bridgehead atoms. The van der Waals surface area contributed by atoms with E-state index in [1.807, 2.05) is 6.92 Å². The molecule has 0 fully saturated rings. The number of aromatic nitrogens is 3. The van der Waals surface area contributed by atoms with Crippen LogP contribution < -0.4 is 4.74 Å². The van der Waals surface area contributed by atoms with Gasteiger partial charge in [0.25, 0.3) is 0 Å². The Kier molecular flexibility index (Phi) is 5.64. The fourth-order valence-electron chi connectivity index (χ4n) is 2.49. The summed E-state index contributed by atoms with van der Waals surface area (Å²) in [5.74, 6) is 2.26. The predicted molar refractivity (Wildman–Crippen MR) is 88.8 cm³/mol. The lowest BCUT2D eigenvalue weighted by Gasteiger charge is -2.15. The van der Waals surface area contributed by atoms with Crippen LogP contribution in [0.3, 0.4) is 0 Å². The number of aryl methyl sites for hydroxylation is 1. The zero-order chi connectivity index (χ0) is 16.8. The Bertz CT molecular complexity index is 706. The van der Waals surface area contributed by atoms with Crippen LogP contribution in [0.15, 0.2) is 24.5 Å². The Hall–Kier alpha value is -2.48. The molecule has 0 aliphatic carbocycles. The molecule has 2 aromatic heterocycles. The Morgan fingerprint density at radius 1 is 1.22 bits per heavy atom. The van der Waals surface area contributed by atoms with Gasteiger partial charge in [0, 0.05) is 6.20 Å². The van der Waals surface area contributed by atoms with E-state index in [9.17, 15) is 5.26 Å². The largest absolute Gasteiger partial charge is 0.490 e. The number of ether oxygens (including phenoxy) is 1. The molecule has 0 unspecified atom stereocenters. The molecule has 0 aliphatic rings. The summed E-state index contributed by atoms with van der Waals surface area (Å²) in [6.45, 7) is 8.94. The molecule has 0 saturated carbocycles. The van der Waals surface area contributed by atoms with Gasteiger partial charge in [-0.25, -0.2) is 9.97 Å². The molecule has 0 aliphatic heterocycles. The molecule has 0 spiro atoms. The van der Waals surface area contributed by atoms with Crippen molar-refractivity contribution >= 4 is 0 Å². The van der Waals surface area contributed by atoms with Gasteiger partial charge >= 0.3 is 0 Å². The van der Waals surface area contributed by atoms with Crippen LogP contribution in [0.2, 0.25) is 0 Å². The molecule has 5 nitrogen and oxygen atoms in total. The third kappa shape index (κ3) is 4.75. The number of rotatable bonds is 6. The van der Waals surface area contributed by atoms with Gasteiger partial charge in [-0.2, -0.15) is 5.26 Å². The van der Waals surface area contributed by atoms with Crippen LogP contribution in [0.1, 0.15) is 38.6 Å². The van der Waals surface area contributed by atoms with Crippen molar-refractivity contribution in [3.05, 3.63) is 35.9 Å². The first-order valence-corrected chi connectivity index (χ1v) is 7.82. The second kappa shape index (κ2) is 7.68. The molecule has 2 heterocycles. The Morgan fingerprint density at radius 2 is 2.00 bits per heavy atom. The van der Waals surface area contributed by atoms with E-state index in [1.165, 1.54) is 0 Å². The van der Waals surface area contributed by atoms with E-state index >= 15 is 0 Å². The normalized spacial score (nSPS) is 12.0. The van der Waals surface area contributed by atoms with Crippen LogP contribution in [-0.4, -0.2) is 21.6 Å². The molecule has 5 heteroatoms. The first-order chi connectivity index (χ1) is 11.0. The van der Waals surface area contributed by atoms with Crippen molar-refractivity contribution < 1.29 is 4.74 Å². The highest BCUT2D eigenvalue weighted by molar-refractivity contribution is 5.58. The Morgan fingerprint density at radius 3 is 2.65 bits per heavy atom. The number of nitrogens with zero attached hydrogens (tertiary/aromatic N) is 4. The minimum atomic E-state index is 0.436. The molecule has 0 aromatic carbocycles. The summed E-state index contributed by atoms with van der Waals surface area (Å²) in [4.78, 5) is 12.8. The predicted octanol–water partition coefficient (Wildman–Crippen LogP) is 3.78. The molecule has 0 amide bonds. The smallest absolute Gasteiger partial charge is 0.155 e. The van der Waals surface area contributed by atoms with E-state index in [1.54, 1.807) is 24.5 Å². The summed E-state index contributed by atoms with van der Waals surface area (Å²) in [6.07, 6.45) is 4.38. The van der Waals surface area contributed by atoms with Gasteiger partial charge in [0.1, 0.15) is 11.9 Å². The molecule has 23 heavy (non-hydrogen) atoms. The number of hydrogen-bond acceptors (Lipinski definition) is 5. The lowest BCUT2D eigenvalue weighted by molar-refractivity contribution is 0.238. The maximum atomic E-state index is 9.36. The fraction of sp³-hybridized carbons (Fsp3) is 0.444. The molecule has 0 radical (unpaired) electrons. The van der Waals surface area contributed by atoms with Crippen LogP contribution in [0.4, 0.5) is 0 Å². The molecule has 2 aromatic rings. The van der Waals surface area contributed by atoms with Crippen LogP contribution in [0, 0.1) is 30.1 Å². The third-order valence-electron chi connectivity index (χ3n) is 3.42. The van der Waals surface area contributed by atoms with Crippen molar-refractivity contribution in [3.63, 3.8) is 0 Å². The standard InChI is InChI=1S/C18H22N4O/c1-12(2)7-13(3)11-23-18-10-21-17(8-15(18)9-19)16-5-6-20-14(4)22-16/h5-6,8,10,12-13H,7,11H2,1-4H3/t13-/m1/s1. The molecule has 120 valence electrons. The van der Waals surface area contributed by atoms with Gasteiger partial charge in [-0.15, -0.1) is 0 Å². The SMILES string of the molecule is Cc1nccc(-c2cc(C#N)c(OC[C@H](C)CC(C)C)cn2)n1. The summed E-state index contributed by atoms with van der Waals surface area (Å²) in [7, 11) is 0. The lowest BCUT2D eigenvalue weighted by Crippen LogP contribution is -2.11. The van der Waals surface area contributed by atoms with Crippen LogP contribution in [0.5, 0.6) is 5.75 Å². The second-order valence-electron chi connectivity index (χ2n) is 6.21. The highest BCUT2D eigenvalue weighted by Gasteiger charge is 2.11. The Balaban J connectivity index is 2.16. The minimum absolute atomic E-state index is 0.436. The van der Waals surface area contributed by atoms with Crippen LogP contribution >= 0.6 is 0 Å². The van der Waals surface area contributed by atoms with Crippen molar-refractivity contribution in [2.45, 2.75) is 34.1 Å². The highest BCUT2D eigenvalue weighted by atomic mass is 16.5. The maximum absolute atomic E-state index is 9.36. The van der Waals surface area contributed by atoms with E-state index < -0.39 is 0 Å². The van der Waals surface area contributed by atoms with E-state index in [-0.39, 0.29) is 0 Å². The van der Waals surface area contributed by atoms with E-state index in [0.717, 1.165) is 6.42 Å². The van der Waals surface area contributed by atoms with Crippen LogP contribution in [-0.2, 0) is 0 Å². The Labute approximate surface area is 137 Å². The maximum Gasteiger partial charge on any atom is 0.155 e. The average molecular weight is 310 g/mol. The molecule has 0 saturated heterocycles. The number of hydrogen-bond donors (Lipinski definition) is 0. The quantitative estimate of drug-likeness (QED) is 0.812. The van der Waals surface area contributed by atoms with E-state index in [2.05, 4.69) is 41.8 Å². The third-order valence-corrected chi connectivity index (χ3v) is 3.42. The van der Waals surface area contributed by atoms with Gasteiger partial charge < -0.3 is 4.74 Å². The molecular weight excluding hydrogens is 288 g/mol. The summed E-state index contributed by atoms with van der Waals surface area (Å²) in [5.41, 5.74) is 1.83. The van der Waals surface area contributed by atoms with Gasteiger partial charge in [-0.05, 0) is 37.3 Å². The van der Waals surface area contributed by atoms with Gasteiger partial charge in [0.05, 0.1) is 29.8 Å². The summed E-state index contributed by atoms with van der Waals surface area (Å²) >= 11 is 0. The van der Waals surface area contributed by atoms with Crippen molar-refractivity contribution in [2.24, 2.45) is 11.8 Å². The summed E-state index contributed by atoms with van der Waals surface area (Å²) in [5, 5.41) is 9.36. The van der Waals surface area contributed by atoms with E-state index in [0.29, 0.717) is 47.0 Å². The van der Waals surface area contributed by atoms with Crippen molar-refractivity contribution in [2.75, 3.05) is 6.61 Å². The summed E-state index contributed by atoms with van der Waals surface area (Å²) in [6, 6.07) is 5.67. The van der Waals surface area contributed by atoms with Gasteiger partial charge in [0.2, 0.25) is 0 Å². The molecule has 2 rings (SSSR count). The topological polar surface area (TPSA) is 71.7 Å². The molecular formula is C18H22N4O. The zero-order valence-corrected chi connectivity index (χ0v) is 14.1. The zero-order valence-electron chi connectivity index (χ0n) is 14.1. The van der Waals surface area contributed by atoms with Gasteiger partial charge in [0.15, 0.2) is 5.75 Å². The van der Waals surface area contributed by atoms with Gasteiger partial charge in [-0.1, -0.05) is 20.8 Å². The highest BCUT2D eigenvalue weighted by Crippen LogP contribution is 2.23. The average Bonchev–Trinajstić information content (AvgIpc) is 2.52. The number of pyridine rings is 1. The van der Waals surface area contributed by atoms with Crippen molar-refractivity contribution in [1.82, 2.24) is 15.0 Å². The van der Waals surface area contributed by atoms with Crippen molar-refractivity contribution in [3.8, 4) is 23.2 Å². The first kappa shape index (κ1) is 16.9. The van der Waals surface area contributed by atoms with Gasteiger partial charge in [-0.3, -0.25) is 4.98 Å². The van der Waals surface area contributed by atoms with Crippen molar-refractivity contribution in [1.29, 1.82) is 5.26 Å². The first-order valence-electron chi connectivity index (χ1n) is 7.82. The fourth-order valence-corrected chi connectivity index (χ4v) is 2.49. The summed E-state index contributed by atoms with van der Waals surface area (Å²) < 4.78 is 5.79. The minimum Gasteiger partial charge on any atom is -0.490 e. The van der Waals surface area contributed by atoms with Crippen LogP contribution in [0.25, 0.3) is 11.4 Å². The van der Waals surface area contributed by atoms with E-state index in [4.69, 9.17) is 4.74 Å². The lowest BCUT2D eigenvalue weighted by atomic mass is 10.00. The molecule has 0 N–H and O–H groups in total. The second-order valence-corrected chi connectivity index (χ2v) is 6.21.